The van der Waals surface area contributed by atoms with E-state index >= 15 is 0 Å². The molecule has 7 heteroatoms. The first-order valence-electron chi connectivity index (χ1n) is 12.7. The molecule has 0 saturated carbocycles. The Morgan fingerprint density at radius 3 is 2.21 bits per heavy atom. The number of nitrogens with zero attached hydrogens (tertiary/aromatic N) is 1. The number of rotatable bonds is 10. The van der Waals surface area contributed by atoms with Crippen LogP contribution < -0.4 is 10.1 Å². The third-order valence-corrected chi connectivity index (χ3v) is 6.99. The predicted octanol–water partition coefficient (Wildman–Crippen LogP) is 6.94. The van der Waals surface area contributed by atoms with Gasteiger partial charge in [-0.25, -0.2) is 0 Å². The fourth-order valence-electron chi connectivity index (χ4n) is 4.03. The van der Waals surface area contributed by atoms with Gasteiger partial charge >= 0.3 is 0 Å². The Hall–Kier alpha value is -2.83. The van der Waals surface area contributed by atoms with E-state index in [1.807, 2.05) is 74.5 Å². The summed E-state index contributed by atoms with van der Waals surface area (Å²) in [6, 6.07) is 22.1. The van der Waals surface area contributed by atoms with Crippen LogP contribution in [0.25, 0.3) is 0 Å². The van der Waals surface area contributed by atoms with Crippen LogP contribution in [0.1, 0.15) is 51.3 Å². The molecular formula is C31H36BrClN2O3. The molecule has 3 aromatic carbocycles. The summed E-state index contributed by atoms with van der Waals surface area (Å²) in [5.41, 5.74) is 2.97. The summed E-state index contributed by atoms with van der Waals surface area (Å²) in [5, 5.41) is 3.60. The molecule has 0 aliphatic rings. The van der Waals surface area contributed by atoms with Crippen molar-refractivity contribution in [2.24, 2.45) is 0 Å². The lowest BCUT2D eigenvalue weighted by Crippen LogP contribution is -2.52. The van der Waals surface area contributed by atoms with Crippen molar-refractivity contribution in [1.29, 1.82) is 0 Å². The monoisotopic (exact) mass is 598 g/mol. The maximum Gasteiger partial charge on any atom is 0.261 e. The zero-order valence-electron chi connectivity index (χ0n) is 22.6. The summed E-state index contributed by atoms with van der Waals surface area (Å²) in [6.07, 6.45) is 0.378. The Morgan fingerprint density at radius 2 is 1.63 bits per heavy atom. The first-order valence-corrected chi connectivity index (χ1v) is 13.9. The molecule has 0 saturated heterocycles. The van der Waals surface area contributed by atoms with E-state index in [0.29, 0.717) is 17.2 Å². The maximum atomic E-state index is 13.7. The number of hydrogen-bond donors (Lipinski definition) is 1. The van der Waals surface area contributed by atoms with Gasteiger partial charge in [-0.3, -0.25) is 9.59 Å². The Balaban J connectivity index is 1.90. The summed E-state index contributed by atoms with van der Waals surface area (Å²) in [4.78, 5) is 28.8. The molecule has 0 heterocycles. The number of carbonyl (C=O) groups is 2. The molecule has 0 aliphatic heterocycles. The predicted molar refractivity (Wildman–Crippen MR) is 158 cm³/mol. The van der Waals surface area contributed by atoms with E-state index in [1.54, 1.807) is 17.0 Å². The van der Waals surface area contributed by atoms with Crippen molar-refractivity contribution < 1.29 is 14.3 Å². The molecule has 0 fully saturated rings. The highest BCUT2D eigenvalue weighted by Crippen LogP contribution is 2.31. The number of nitrogens with one attached hydrogen (secondary N) is 1. The van der Waals surface area contributed by atoms with Crippen molar-refractivity contribution in [1.82, 2.24) is 10.2 Å². The van der Waals surface area contributed by atoms with Gasteiger partial charge in [-0.2, -0.15) is 0 Å². The zero-order chi connectivity index (χ0) is 27.9. The summed E-state index contributed by atoms with van der Waals surface area (Å²) in [5.74, 6) is 0.0810. The number of amides is 2. The van der Waals surface area contributed by atoms with Crippen molar-refractivity contribution in [3.8, 4) is 5.75 Å². The van der Waals surface area contributed by atoms with E-state index in [0.717, 1.165) is 21.2 Å². The number of hydrogen-bond acceptors (Lipinski definition) is 3. The number of carbonyl (C=O) groups excluding carboxylic acids is 2. The molecule has 5 nitrogen and oxygen atoms in total. The van der Waals surface area contributed by atoms with Gasteiger partial charge in [-0.1, -0.05) is 80.9 Å². The Morgan fingerprint density at radius 1 is 0.974 bits per heavy atom. The van der Waals surface area contributed by atoms with Crippen molar-refractivity contribution in [3.05, 3.63) is 99.0 Å². The average Bonchev–Trinajstić information content (AvgIpc) is 2.86. The summed E-state index contributed by atoms with van der Waals surface area (Å²) >= 11 is 9.68. The highest BCUT2D eigenvalue weighted by atomic mass is 79.9. The smallest absolute Gasteiger partial charge is 0.261 e. The van der Waals surface area contributed by atoms with Crippen molar-refractivity contribution in [2.45, 2.75) is 65.1 Å². The van der Waals surface area contributed by atoms with Gasteiger partial charge in [0.1, 0.15) is 11.8 Å². The van der Waals surface area contributed by atoms with Crippen LogP contribution in [-0.2, 0) is 28.0 Å². The standard InChI is InChI=1S/C31H36BrClN2O3/c1-21(2)34-30(37)27(17-22-9-7-6-8-10-22)35(19-23-11-14-25(33)15-12-23)29(36)20-38-28-16-13-24(18-26(28)32)31(3,4)5/h6-16,18,21,27H,17,19-20H2,1-5H3,(H,34,37)/t27-/m1/s1. The molecule has 0 aliphatic carbocycles. The molecule has 0 spiro atoms. The largest absolute Gasteiger partial charge is 0.483 e. The van der Waals surface area contributed by atoms with E-state index in [1.165, 1.54) is 0 Å². The second-order valence-electron chi connectivity index (χ2n) is 10.7. The minimum atomic E-state index is -0.724. The van der Waals surface area contributed by atoms with Crippen molar-refractivity contribution in [3.63, 3.8) is 0 Å². The summed E-state index contributed by atoms with van der Waals surface area (Å²) in [6.45, 7) is 10.3. The molecule has 2 amide bonds. The van der Waals surface area contributed by atoms with Gasteiger partial charge in [0.2, 0.25) is 5.91 Å². The molecule has 0 radical (unpaired) electrons. The van der Waals surface area contributed by atoms with Crippen LogP contribution in [0.4, 0.5) is 0 Å². The van der Waals surface area contributed by atoms with Gasteiger partial charge < -0.3 is 15.0 Å². The fourth-order valence-corrected chi connectivity index (χ4v) is 4.65. The quantitative estimate of drug-likeness (QED) is 0.275. The molecule has 0 aromatic heterocycles. The Bertz CT molecular complexity index is 1220. The lowest BCUT2D eigenvalue weighted by Gasteiger charge is -2.32. The fraction of sp³-hybridized carbons (Fsp3) is 0.355. The van der Waals surface area contributed by atoms with Gasteiger partial charge in [0.15, 0.2) is 6.61 Å². The second-order valence-corrected chi connectivity index (χ2v) is 12.0. The summed E-state index contributed by atoms with van der Waals surface area (Å²) in [7, 11) is 0. The normalized spacial score (nSPS) is 12.2. The molecule has 1 N–H and O–H groups in total. The number of benzene rings is 3. The molecule has 38 heavy (non-hydrogen) atoms. The molecule has 202 valence electrons. The molecule has 0 bridgehead atoms. The minimum Gasteiger partial charge on any atom is -0.483 e. The molecular weight excluding hydrogens is 564 g/mol. The summed E-state index contributed by atoms with van der Waals surface area (Å²) < 4.78 is 6.75. The van der Waals surface area contributed by atoms with Crippen LogP contribution in [0.3, 0.4) is 0 Å². The van der Waals surface area contributed by atoms with E-state index < -0.39 is 6.04 Å². The SMILES string of the molecule is CC(C)NC(=O)[C@@H](Cc1ccccc1)N(Cc1ccc(Cl)cc1)C(=O)COc1ccc(C(C)(C)C)cc1Br. The van der Waals surface area contributed by atoms with Gasteiger partial charge in [0, 0.05) is 24.0 Å². The van der Waals surface area contributed by atoms with E-state index in [-0.39, 0.29) is 36.4 Å². The first-order chi connectivity index (χ1) is 17.9. The zero-order valence-corrected chi connectivity index (χ0v) is 25.0. The minimum absolute atomic E-state index is 0.0132. The molecule has 0 unspecified atom stereocenters. The van der Waals surface area contributed by atoms with Crippen molar-refractivity contribution in [2.75, 3.05) is 6.61 Å². The van der Waals surface area contributed by atoms with Crippen LogP contribution in [-0.4, -0.2) is 35.4 Å². The van der Waals surface area contributed by atoms with E-state index in [4.69, 9.17) is 16.3 Å². The van der Waals surface area contributed by atoms with Crippen LogP contribution in [0.2, 0.25) is 5.02 Å². The highest BCUT2D eigenvalue weighted by molar-refractivity contribution is 9.10. The highest BCUT2D eigenvalue weighted by Gasteiger charge is 2.31. The number of ether oxygens (including phenoxy) is 1. The second kappa shape index (κ2) is 13.3. The number of halogens is 2. The average molecular weight is 600 g/mol. The molecule has 3 aromatic rings. The van der Waals surface area contributed by atoms with Crippen LogP contribution in [0.5, 0.6) is 5.75 Å². The van der Waals surface area contributed by atoms with E-state index in [2.05, 4.69) is 42.0 Å². The van der Waals surface area contributed by atoms with Gasteiger partial charge in [0.25, 0.3) is 5.91 Å². The third kappa shape index (κ3) is 8.60. The van der Waals surface area contributed by atoms with Gasteiger partial charge in [-0.15, -0.1) is 0 Å². The topological polar surface area (TPSA) is 58.6 Å². The third-order valence-electron chi connectivity index (χ3n) is 6.12. The van der Waals surface area contributed by atoms with Crippen LogP contribution >= 0.6 is 27.5 Å². The van der Waals surface area contributed by atoms with Crippen LogP contribution in [0, 0.1) is 0 Å². The van der Waals surface area contributed by atoms with Crippen LogP contribution in [0.15, 0.2) is 77.3 Å². The molecule has 3 rings (SSSR count). The van der Waals surface area contributed by atoms with E-state index in [9.17, 15) is 9.59 Å². The lowest BCUT2D eigenvalue weighted by atomic mass is 9.87. The van der Waals surface area contributed by atoms with Gasteiger partial charge in [0.05, 0.1) is 4.47 Å². The van der Waals surface area contributed by atoms with Crippen molar-refractivity contribution >= 4 is 39.3 Å². The lowest BCUT2D eigenvalue weighted by molar-refractivity contribution is -0.143. The Kier molecular flexibility index (Phi) is 10.4. The Labute approximate surface area is 239 Å². The first kappa shape index (κ1) is 29.7. The maximum absolute atomic E-state index is 13.7. The van der Waals surface area contributed by atoms with Gasteiger partial charge in [-0.05, 0) is 76.1 Å². The molecule has 1 atom stereocenters.